The van der Waals surface area contributed by atoms with Crippen LogP contribution in [0.2, 0.25) is 5.02 Å². The third kappa shape index (κ3) is 5.68. The Balaban J connectivity index is 0.000000339. The van der Waals surface area contributed by atoms with E-state index in [9.17, 15) is 13.2 Å². The third-order valence-corrected chi connectivity index (χ3v) is 4.87. The summed E-state index contributed by atoms with van der Waals surface area (Å²) in [6.45, 7) is 3.96. The zero-order chi connectivity index (χ0) is 22.6. The number of nitrogens with one attached hydrogen (secondary N) is 1. The Morgan fingerprint density at radius 2 is 2.06 bits per heavy atom. The minimum Gasteiger partial charge on any atom is -0.488 e. The Bertz CT molecular complexity index is 1060. The van der Waals surface area contributed by atoms with Crippen LogP contribution in [0.5, 0.6) is 5.75 Å². The van der Waals surface area contributed by atoms with E-state index in [0.29, 0.717) is 5.02 Å². The summed E-state index contributed by atoms with van der Waals surface area (Å²) in [5, 5.41) is 11.2. The maximum Gasteiger partial charge on any atom is 0.490 e. The van der Waals surface area contributed by atoms with Gasteiger partial charge in [-0.25, -0.2) is 4.79 Å². The summed E-state index contributed by atoms with van der Waals surface area (Å²) in [4.78, 5) is 13.2. The van der Waals surface area contributed by atoms with E-state index in [2.05, 4.69) is 10.3 Å². The lowest BCUT2D eigenvalue weighted by molar-refractivity contribution is -0.192. The number of alkyl halides is 3. The molecule has 4 rings (SSSR count). The van der Waals surface area contributed by atoms with E-state index in [1.165, 1.54) is 0 Å². The van der Waals surface area contributed by atoms with Gasteiger partial charge in [0.15, 0.2) is 5.58 Å². The van der Waals surface area contributed by atoms with Crippen LogP contribution in [-0.2, 0) is 4.79 Å². The van der Waals surface area contributed by atoms with Crippen molar-refractivity contribution < 1.29 is 32.2 Å². The Morgan fingerprint density at radius 3 is 2.71 bits per heavy atom. The van der Waals surface area contributed by atoms with Gasteiger partial charge in [-0.1, -0.05) is 11.6 Å². The van der Waals surface area contributed by atoms with E-state index in [1.54, 1.807) is 12.5 Å². The molecule has 3 heterocycles. The summed E-state index contributed by atoms with van der Waals surface area (Å²) in [5.41, 5.74) is 4.52. The fraction of sp³-hybridized carbons (Fsp3) is 0.333. The molecule has 2 aromatic heterocycles. The van der Waals surface area contributed by atoms with E-state index < -0.39 is 12.1 Å². The van der Waals surface area contributed by atoms with Crippen LogP contribution in [0, 0.1) is 6.92 Å². The van der Waals surface area contributed by atoms with Crippen molar-refractivity contribution in [3.05, 3.63) is 47.3 Å². The summed E-state index contributed by atoms with van der Waals surface area (Å²) in [7, 11) is 0. The van der Waals surface area contributed by atoms with Crippen molar-refractivity contribution in [1.82, 2.24) is 10.3 Å². The van der Waals surface area contributed by atoms with Crippen LogP contribution in [0.25, 0.3) is 22.2 Å². The number of aliphatic carboxylic acids is 1. The number of nitrogens with zero attached hydrogens (tertiary/aromatic N) is 1. The van der Waals surface area contributed by atoms with Crippen molar-refractivity contribution in [3.8, 4) is 16.9 Å². The van der Waals surface area contributed by atoms with Crippen LogP contribution in [0.15, 0.2) is 41.1 Å². The van der Waals surface area contributed by atoms with Gasteiger partial charge in [-0.2, -0.15) is 13.2 Å². The molecule has 1 atom stereocenters. The highest BCUT2D eigenvalue weighted by Gasteiger charge is 2.38. The maximum absolute atomic E-state index is 10.6. The van der Waals surface area contributed by atoms with Gasteiger partial charge in [0.2, 0.25) is 0 Å². The van der Waals surface area contributed by atoms with Crippen molar-refractivity contribution in [1.29, 1.82) is 0 Å². The van der Waals surface area contributed by atoms with Crippen LogP contribution in [-0.4, -0.2) is 41.4 Å². The smallest absolute Gasteiger partial charge is 0.488 e. The number of aromatic nitrogens is 1. The molecule has 0 unspecified atom stereocenters. The molecule has 2 N–H and O–H groups in total. The number of furan rings is 1. The van der Waals surface area contributed by atoms with Gasteiger partial charge in [-0.15, -0.1) is 0 Å². The molecular weight excluding hydrogens is 437 g/mol. The van der Waals surface area contributed by atoms with Gasteiger partial charge in [0.1, 0.15) is 17.4 Å². The first kappa shape index (κ1) is 22.9. The lowest BCUT2D eigenvalue weighted by atomic mass is 10.0. The first-order valence-corrected chi connectivity index (χ1v) is 9.85. The first-order valence-electron chi connectivity index (χ1n) is 9.47. The number of aryl methyl sites for hydroxylation is 1. The second-order valence-corrected chi connectivity index (χ2v) is 7.42. The van der Waals surface area contributed by atoms with Crippen LogP contribution in [0.4, 0.5) is 13.2 Å². The van der Waals surface area contributed by atoms with Crippen LogP contribution < -0.4 is 10.1 Å². The number of hydrogen-bond donors (Lipinski definition) is 2. The molecule has 1 saturated heterocycles. The van der Waals surface area contributed by atoms with E-state index in [4.69, 9.17) is 30.7 Å². The van der Waals surface area contributed by atoms with Crippen LogP contribution >= 0.6 is 11.6 Å². The van der Waals surface area contributed by atoms with Crippen LogP contribution in [0.1, 0.15) is 18.4 Å². The minimum absolute atomic E-state index is 0.173. The molecule has 0 bridgehead atoms. The number of piperidine rings is 1. The molecule has 0 radical (unpaired) electrons. The number of fused-ring (bicyclic) bond motifs is 1. The van der Waals surface area contributed by atoms with Gasteiger partial charge in [0, 0.05) is 35.0 Å². The van der Waals surface area contributed by atoms with Crippen molar-refractivity contribution in [3.63, 3.8) is 0 Å². The number of rotatable bonds is 3. The Hall–Kier alpha value is -2.78. The number of carboxylic acid groups (broad SMARTS) is 1. The number of halogens is 4. The molecule has 1 aromatic carbocycles. The molecule has 1 fully saturated rings. The SMILES string of the molecule is Cc1cc(Cl)cc(-c2ccnc3ccoc23)c1O[C@H]1CCCNC1.O=C(O)C(F)(F)F. The number of carboxylic acids is 1. The predicted molar refractivity (Wildman–Crippen MR) is 109 cm³/mol. The molecule has 1 aliphatic rings. The number of benzene rings is 1. The van der Waals surface area contributed by atoms with E-state index in [-0.39, 0.29) is 6.10 Å². The lowest BCUT2D eigenvalue weighted by Crippen LogP contribution is -2.37. The fourth-order valence-corrected chi connectivity index (χ4v) is 3.53. The van der Waals surface area contributed by atoms with Gasteiger partial charge in [-0.3, -0.25) is 4.98 Å². The molecule has 6 nitrogen and oxygen atoms in total. The molecular formula is C21H20ClF3N2O4. The Kier molecular flexibility index (Phi) is 7.07. The molecule has 0 amide bonds. The molecule has 1 aliphatic heterocycles. The first-order chi connectivity index (χ1) is 14.7. The predicted octanol–water partition coefficient (Wildman–Crippen LogP) is 5.22. The highest BCUT2D eigenvalue weighted by atomic mass is 35.5. The lowest BCUT2D eigenvalue weighted by Gasteiger charge is -2.26. The topological polar surface area (TPSA) is 84.6 Å². The number of pyridine rings is 1. The van der Waals surface area contributed by atoms with Crippen LogP contribution in [0.3, 0.4) is 0 Å². The van der Waals surface area contributed by atoms with E-state index >= 15 is 0 Å². The average Bonchev–Trinajstić information content (AvgIpc) is 3.19. The third-order valence-electron chi connectivity index (χ3n) is 4.65. The Labute approximate surface area is 181 Å². The van der Waals surface area contributed by atoms with Crippen molar-refractivity contribution in [2.75, 3.05) is 13.1 Å². The van der Waals surface area contributed by atoms with Crippen molar-refractivity contribution >= 4 is 28.7 Å². The fourth-order valence-electron chi connectivity index (χ4n) is 3.26. The minimum atomic E-state index is -5.08. The molecule has 31 heavy (non-hydrogen) atoms. The quantitative estimate of drug-likeness (QED) is 0.562. The second kappa shape index (κ2) is 9.57. The zero-order valence-electron chi connectivity index (χ0n) is 16.5. The molecule has 166 valence electrons. The average molecular weight is 457 g/mol. The zero-order valence-corrected chi connectivity index (χ0v) is 17.3. The van der Waals surface area contributed by atoms with E-state index in [0.717, 1.165) is 59.5 Å². The monoisotopic (exact) mass is 456 g/mol. The van der Waals surface area contributed by atoms with Gasteiger partial charge in [0.25, 0.3) is 0 Å². The summed E-state index contributed by atoms with van der Waals surface area (Å²) in [6.07, 6.45) is 0.719. The normalized spacial score (nSPS) is 16.5. The maximum atomic E-state index is 10.6. The summed E-state index contributed by atoms with van der Waals surface area (Å²) in [5.74, 6) is -1.88. The summed E-state index contributed by atoms with van der Waals surface area (Å²) in [6, 6.07) is 7.69. The van der Waals surface area contributed by atoms with Crippen molar-refractivity contribution in [2.24, 2.45) is 0 Å². The van der Waals surface area contributed by atoms with Gasteiger partial charge in [0.05, 0.1) is 6.26 Å². The summed E-state index contributed by atoms with van der Waals surface area (Å²) < 4.78 is 43.8. The molecule has 10 heteroatoms. The Morgan fingerprint density at radius 1 is 1.32 bits per heavy atom. The van der Waals surface area contributed by atoms with Gasteiger partial charge in [-0.05, 0) is 50.1 Å². The van der Waals surface area contributed by atoms with Gasteiger partial charge >= 0.3 is 12.1 Å². The highest BCUT2D eigenvalue weighted by molar-refractivity contribution is 6.31. The number of carbonyl (C=O) groups is 1. The standard InChI is InChI=1S/C19H19ClN2O2.C2HF3O2/c1-12-9-13(20)10-16(18(12)24-14-3-2-6-21-11-14)15-4-7-22-17-5-8-23-19(15)17;3-2(4,5)1(6)7/h4-5,7-10,14,21H,2-3,6,11H2,1H3;(H,6,7)/t14-;/m0./s1. The molecule has 0 saturated carbocycles. The largest absolute Gasteiger partial charge is 0.490 e. The number of ether oxygens (including phenoxy) is 1. The molecule has 0 aliphatic carbocycles. The summed E-state index contributed by atoms with van der Waals surface area (Å²) >= 11 is 6.33. The molecule has 0 spiro atoms. The van der Waals surface area contributed by atoms with Gasteiger partial charge < -0.3 is 19.6 Å². The highest BCUT2D eigenvalue weighted by Crippen LogP contribution is 2.39. The second-order valence-electron chi connectivity index (χ2n) is 6.98. The van der Waals surface area contributed by atoms with Crippen molar-refractivity contribution in [2.45, 2.75) is 32.0 Å². The van der Waals surface area contributed by atoms with E-state index in [1.807, 2.05) is 31.2 Å². The number of hydrogen-bond acceptors (Lipinski definition) is 5. The molecule has 3 aromatic rings.